The first-order chi connectivity index (χ1) is 20.6. The Bertz CT molecular complexity index is 1900. The van der Waals surface area contributed by atoms with Crippen LogP contribution in [0.5, 0.6) is 0 Å². The highest BCUT2D eigenvalue weighted by molar-refractivity contribution is 7.89. The van der Waals surface area contributed by atoms with Crippen LogP contribution in [0.2, 0.25) is 0 Å². The molecule has 2 aliphatic heterocycles. The first-order valence-electron chi connectivity index (χ1n) is 13.5. The smallest absolute Gasteiger partial charge is 0.350 e. The summed E-state index contributed by atoms with van der Waals surface area (Å²) in [7, 11) is -4.67. The third kappa shape index (κ3) is 5.64. The highest BCUT2D eigenvalue weighted by Gasteiger charge is 2.37. The summed E-state index contributed by atoms with van der Waals surface area (Å²) in [5, 5.41) is 9.04. The summed E-state index contributed by atoms with van der Waals surface area (Å²) in [6.45, 7) is 1.84. The molecule has 4 N–H and O–H groups in total. The van der Waals surface area contributed by atoms with Gasteiger partial charge in [0.2, 0.25) is 10.0 Å². The van der Waals surface area contributed by atoms with Gasteiger partial charge in [-0.3, -0.25) is 19.8 Å². The molecule has 0 radical (unpaired) electrons. The molecule has 5 rings (SSSR count). The Hall–Kier alpha value is -4.88. The normalized spacial score (nSPS) is 14.4. The molecule has 2 amide bonds. The number of nitrogens with two attached hydrogens (primary N) is 1. The van der Waals surface area contributed by atoms with Crippen LogP contribution in [0.15, 0.2) is 63.9 Å². The molecule has 0 bridgehead atoms. The zero-order valence-corrected chi connectivity index (χ0v) is 23.9. The van der Waals surface area contributed by atoms with E-state index in [0.29, 0.717) is 57.5 Å². The maximum Gasteiger partial charge on any atom is 0.350 e. The molecule has 1 unspecified atom stereocenters. The van der Waals surface area contributed by atoms with Crippen LogP contribution in [0.25, 0.3) is 33.4 Å². The van der Waals surface area contributed by atoms with Gasteiger partial charge in [-0.05, 0) is 36.2 Å². The van der Waals surface area contributed by atoms with Crippen LogP contribution in [-0.2, 0) is 29.2 Å². The van der Waals surface area contributed by atoms with Crippen LogP contribution in [0.3, 0.4) is 0 Å². The zero-order valence-electron chi connectivity index (χ0n) is 23.1. The molecule has 2 aromatic carbocycles. The number of nitrogens with one attached hydrogen (secondary N) is 2. The fourth-order valence-electron chi connectivity index (χ4n) is 5.02. The molecule has 222 valence electrons. The fourth-order valence-corrected chi connectivity index (χ4v) is 6.48. The number of aldehydes is 1. The number of rotatable bonds is 10. The van der Waals surface area contributed by atoms with Gasteiger partial charge in [-0.2, -0.15) is 4.72 Å². The second-order valence-corrected chi connectivity index (χ2v) is 11.7. The van der Waals surface area contributed by atoms with E-state index in [4.69, 9.17) is 20.4 Å². The monoisotopic (exact) mass is 604 g/mol. The number of hydrogen-bond donors (Lipinski definition) is 3. The Kier molecular flexibility index (Phi) is 8.11. The van der Waals surface area contributed by atoms with Gasteiger partial charge in [-0.1, -0.05) is 44.0 Å². The average Bonchev–Trinajstić information content (AvgIpc) is 3.29. The van der Waals surface area contributed by atoms with E-state index < -0.39 is 44.1 Å². The summed E-state index contributed by atoms with van der Waals surface area (Å²) >= 11 is 0. The van der Waals surface area contributed by atoms with Crippen LogP contribution < -0.4 is 15.8 Å². The maximum atomic E-state index is 14.0. The van der Waals surface area contributed by atoms with Crippen molar-refractivity contribution in [3.8, 4) is 22.5 Å². The topological polar surface area (TPSA) is 190 Å². The Balaban J connectivity index is 1.66. The molecule has 2 heterocycles. The SMILES string of the molecule is CCCCC(NS(=O)(=O)c1c2oc3cc(N)ccc3c(-c3ccccc3C=O)c-2ccc1=N)C(=O)ON1C(=O)CCC1=O. The number of carbonyl (C=O) groups is 4. The first kappa shape index (κ1) is 29.6. The molecule has 1 aliphatic carbocycles. The highest BCUT2D eigenvalue weighted by Crippen LogP contribution is 2.43. The van der Waals surface area contributed by atoms with Crippen molar-refractivity contribution in [2.75, 3.05) is 5.73 Å². The molecular formula is C30H28N4O8S. The molecule has 3 aliphatic rings. The van der Waals surface area contributed by atoms with Gasteiger partial charge in [-0.15, -0.1) is 5.06 Å². The Labute approximate surface area is 246 Å². The van der Waals surface area contributed by atoms with Crippen molar-refractivity contribution < 1.29 is 36.9 Å². The summed E-state index contributed by atoms with van der Waals surface area (Å²) in [4.78, 5) is 53.5. The molecular weight excluding hydrogens is 576 g/mol. The fraction of sp³-hybridized carbons (Fsp3) is 0.233. The molecule has 2 aromatic rings. The molecule has 1 saturated heterocycles. The number of amides is 2. The lowest BCUT2D eigenvalue weighted by Gasteiger charge is -2.22. The van der Waals surface area contributed by atoms with Crippen LogP contribution in [-0.4, -0.2) is 43.6 Å². The van der Waals surface area contributed by atoms with Crippen molar-refractivity contribution in [2.45, 2.75) is 50.0 Å². The van der Waals surface area contributed by atoms with Crippen molar-refractivity contribution in [1.29, 1.82) is 5.41 Å². The molecule has 12 nitrogen and oxygen atoms in total. The maximum absolute atomic E-state index is 14.0. The summed E-state index contributed by atoms with van der Waals surface area (Å²) in [5.41, 5.74) is 8.19. The van der Waals surface area contributed by atoms with E-state index in [2.05, 4.69) is 4.72 Å². The largest absolute Gasteiger partial charge is 0.454 e. The minimum atomic E-state index is -4.67. The van der Waals surface area contributed by atoms with Gasteiger partial charge in [-0.25, -0.2) is 13.2 Å². The lowest BCUT2D eigenvalue weighted by Crippen LogP contribution is -2.46. The number of benzene rings is 3. The van der Waals surface area contributed by atoms with Gasteiger partial charge in [0.05, 0.1) is 5.36 Å². The van der Waals surface area contributed by atoms with Gasteiger partial charge >= 0.3 is 5.97 Å². The average molecular weight is 605 g/mol. The minimum absolute atomic E-state index is 0.00253. The number of anilines is 1. The number of hydroxylamine groups is 2. The van der Waals surface area contributed by atoms with E-state index in [9.17, 15) is 27.6 Å². The van der Waals surface area contributed by atoms with Crippen LogP contribution >= 0.6 is 0 Å². The quantitative estimate of drug-likeness (QED) is 0.105. The summed E-state index contributed by atoms with van der Waals surface area (Å²) in [6, 6.07) is 13.0. The van der Waals surface area contributed by atoms with Crippen LogP contribution in [0.1, 0.15) is 49.4 Å². The first-order valence-corrected chi connectivity index (χ1v) is 15.0. The molecule has 43 heavy (non-hydrogen) atoms. The van der Waals surface area contributed by atoms with Crippen molar-refractivity contribution >= 4 is 50.7 Å². The lowest BCUT2D eigenvalue weighted by molar-refractivity contribution is -0.198. The Morgan fingerprint density at radius 3 is 2.53 bits per heavy atom. The standard InChI is InChI=1S/C30H28N4O8S/c1-2-3-8-23(30(38)42-34-25(36)13-14-26(34)37)33-43(39,40)29-22(32)12-11-21-27(19-7-5-4-6-17(19)16-35)20-10-9-18(31)15-24(20)41-28(21)29/h4-7,9-12,15-16,23,32-33H,2-3,8,13-14,31H2,1H3. The third-order valence-electron chi connectivity index (χ3n) is 7.11. The van der Waals surface area contributed by atoms with Crippen molar-refractivity contribution in [1.82, 2.24) is 9.79 Å². The number of imide groups is 1. The number of fused-ring (bicyclic) bond motifs is 2. The summed E-state index contributed by atoms with van der Waals surface area (Å²) in [5.74, 6) is -2.73. The van der Waals surface area contributed by atoms with E-state index in [-0.39, 0.29) is 30.6 Å². The van der Waals surface area contributed by atoms with Crippen LogP contribution in [0, 0.1) is 5.41 Å². The molecule has 0 aromatic heterocycles. The highest BCUT2D eigenvalue weighted by atomic mass is 32.2. The number of sulfonamides is 1. The predicted molar refractivity (Wildman–Crippen MR) is 155 cm³/mol. The Morgan fingerprint density at radius 2 is 1.84 bits per heavy atom. The molecule has 0 spiro atoms. The zero-order chi connectivity index (χ0) is 30.9. The number of nitrogen functional groups attached to an aromatic ring is 1. The van der Waals surface area contributed by atoms with Gasteiger partial charge in [0, 0.05) is 46.7 Å². The van der Waals surface area contributed by atoms with Crippen molar-refractivity contribution in [3.05, 3.63) is 65.5 Å². The van der Waals surface area contributed by atoms with E-state index in [1.54, 1.807) is 36.4 Å². The third-order valence-corrected chi connectivity index (χ3v) is 8.65. The molecule has 1 atom stereocenters. The van der Waals surface area contributed by atoms with E-state index >= 15 is 0 Å². The summed E-state index contributed by atoms with van der Waals surface area (Å²) < 4.78 is 36.3. The van der Waals surface area contributed by atoms with E-state index in [1.165, 1.54) is 18.2 Å². The Morgan fingerprint density at radius 1 is 1.12 bits per heavy atom. The second-order valence-electron chi connectivity index (χ2n) is 10.1. The summed E-state index contributed by atoms with van der Waals surface area (Å²) in [6.07, 6.45) is 1.46. The lowest BCUT2D eigenvalue weighted by atomic mass is 9.91. The van der Waals surface area contributed by atoms with Crippen molar-refractivity contribution in [2.24, 2.45) is 0 Å². The van der Waals surface area contributed by atoms with Gasteiger partial charge in [0.25, 0.3) is 11.8 Å². The predicted octanol–water partition coefficient (Wildman–Crippen LogP) is 3.52. The van der Waals surface area contributed by atoms with Gasteiger partial charge in [0.15, 0.2) is 16.9 Å². The number of nitrogens with zero attached hydrogens (tertiary/aromatic N) is 1. The van der Waals surface area contributed by atoms with E-state index in [1.807, 2.05) is 6.92 Å². The molecule has 1 fully saturated rings. The number of hydrogen-bond acceptors (Lipinski definition) is 10. The van der Waals surface area contributed by atoms with Crippen molar-refractivity contribution in [3.63, 3.8) is 0 Å². The number of unbranched alkanes of at least 4 members (excludes halogenated alkanes) is 1. The minimum Gasteiger partial charge on any atom is -0.454 e. The molecule has 0 saturated carbocycles. The second kappa shape index (κ2) is 11.8. The van der Waals surface area contributed by atoms with Crippen LogP contribution in [0.4, 0.5) is 5.69 Å². The molecule has 13 heteroatoms. The number of carbonyl (C=O) groups excluding carboxylic acids is 4. The van der Waals surface area contributed by atoms with Gasteiger partial charge in [0.1, 0.15) is 11.6 Å². The van der Waals surface area contributed by atoms with Gasteiger partial charge < -0.3 is 15.0 Å². The van der Waals surface area contributed by atoms with E-state index in [0.717, 1.165) is 0 Å².